The quantitative estimate of drug-likeness (QED) is 0.781. The molecule has 1 aliphatic heterocycles. The molecule has 160 valence electrons. The number of hydrogen-bond acceptors (Lipinski definition) is 3. The summed E-state index contributed by atoms with van der Waals surface area (Å²) in [4.78, 5) is 17.7. The van der Waals surface area contributed by atoms with Gasteiger partial charge in [-0.1, -0.05) is 79.9 Å². The summed E-state index contributed by atoms with van der Waals surface area (Å²) >= 11 is 0. The highest BCUT2D eigenvalue weighted by atomic mass is 16.2. The lowest BCUT2D eigenvalue weighted by molar-refractivity contribution is -0.127. The molecule has 1 atom stereocenters. The molecule has 0 radical (unpaired) electrons. The Morgan fingerprint density at radius 1 is 0.800 bits per heavy atom. The highest BCUT2D eigenvalue weighted by Crippen LogP contribution is 2.29. The van der Waals surface area contributed by atoms with E-state index < -0.39 is 0 Å². The standard InChI is InChI=1S/C26H35N3O/c1-21(26(30)27-24-15-9-4-10-16-24)28-17-19-29(20-18-28)25(22-11-5-2-6-12-22)23-13-7-3-8-14-23/h2-3,5-8,11-14,21,24-25H,4,9-10,15-20H2,1H3,(H,27,30)/t21-/m0/s1. The minimum absolute atomic E-state index is 0.0547. The van der Waals surface area contributed by atoms with E-state index in [0.717, 1.165) is 39.0 Å². The zero-order valence-corrected chi connectivity index (χ0v) is 18.2. The SMILES string of the molecule is C[C@@H](C(=O)NC1CCCCC1)N1CCN(C(c2ccccc2)c2ccccc2)CC1. The molecule has 2 aromatic rings. The second kappa shape index (κ2) is 10.2. The third-order valence-corrected chi connectivity index (χ3v) is 6.82. The van der Waals surface area contributed by atoms with Crippen LogP contribution >= 0.6 is 0 Å². The minimum atomic E-state index is -0.0547. The summed E-state index contributed by atoms with van der Waals surface area (Å²) in [6.07, 6.45) is 6.09. The van der Waals surface area contributed by atoms with Gasteiger partial charge in [0.25, 0.3) is 0 Å². The van der Waals surface area contributed by atoms with Crippen molar-refractivity contribution < 1.29 is 4.79 Å². The summed E-state index contributed by atoms with van der Waals surface area (Å²) in [6, 6.07) is 22.2. The maximum absolute atomic E-state index is 12.8. The number of rotatable bonds is 6. The second-order valence-electron chi connectivity index (χ2n) is 8.82. The number of carbonyl (C=O) groups excluding carboxylic acids is 1. The topological polar surface area (TPSA) is 35.6 Å². The Kier molecular flexibility index (Phi) is 7.19. The lowest BCUT2D eigenvalue weighted by atomic mass is 9.95. The Morgan fingerprint density at radius 2 is 1.30 bits per heavy atom. The average Bonchev–Trinajstić information content (AvgIpc) is 2.81. The van der Waals surface area contributed by atoms with Crippen LogP contribution in [0.1, 0.15) is 56.2 Å². The van der Waals surface area contributed by atoms with Crippen LogP contribution in [0.5, 0.6) is 0 Å². The molecular weight excluding hydrogens is 370 g/mol. The normalized spacial score (nSPS) is 20.2. The van der Waals surface area contributed by atoms with Crippen molar-refractivity contribution >= 4 is 5.91 Å². The van der Waals surface area contributed by atoms with E-state index in [0.29, 0.717) is 6.04 Å². The molecule has 1 N–H and O–H groups in total. The molecule has 1 heterocycles. The molecule has 1 saturated heterocycles. The first-order valence-corrected chi connectivity index (χ1v) is 11.6. The van der Waals surface area contributed by atoms with Crippen molar-refractivity contribution in [3.05, 3.63) is 71.8 Å². The van der Waals surface area contributed by atoms with Crippen molar-refractivity contribution in [3.8, 4) is 0 Å². The number of amides is 1. The van der Waals surface area contributed by atoms with E-state index in [9.17, 15) is 4.79 Å². The van der Waals surface area contributed by atoms with Gasteiger partial charge in [-0.05, 0) is 30.9 Å². The highest BCUT2D eigenvalue weighted by Gasteiger charge is 2.30. The third kappa shape index (κ3) is 5.11. The fourth-order valence-corrected chi connectivity index (χ4v) is 5.00. The van der Waals surface area contributed by atoms with Crippen LogP contribution in [0.3, 0.4) is 0 Å². The fourth-order valence-electron chi connectivity index (χ4n) is 5.00. The van der Waals surface area contributed by atoms with Crippen molar-refractivity contribution in [1.29, 1.82) is 0 Å². The van der Waals surface area contributed by atoms with Gasteiger partial charge in [0, 0.05) is 32.2 Å². The molecule has 2 aromatic carbocycles. The molecule has 4 heteroatoms. The molecule has 1 aliphatic carbocycles. The Morgan fingerprint density at radius 3 is 1.83 bits per heavy atom. The average molecular weight is 406 g/mol. The van der Waals surface area contributed by atoms with Crippen LogP contribution in [-0.4, -0.2) is 54.0 Å². The van der Waals surface area contributed by atoms with Crippen molar-refractivity contribution in [3.63, 3.8) is 0 Å². The molecule has 0 unspecified atom stereocenters. The third-order valence-electron chi connectivity index (χ3n) is 6.82. The first-order valence-electron chi connectivity index (χ1n) is 11.6. The number of carbonyl (C=O) groups is 1. The van der Waals surface area contributed by atoms with Gasteiger partial charge in [-0.15, -0.1) is 0 Å². The summed E-state index contributed by atoms with van der Waals surface area (Å²) < 4.78 is 0. The van der Waals surface area contributed by atoms with Crippen LogP contribution in [0, 0.1) is 0 Å². The molecule has 0 bridgehead atoms. The van der Waals surface area contributed by atoms with Gasteiger partial charge in [-0.25, -0.2) is 0 Å². The van der Waals surface area contributed by atoms with Crippen LogP contribution in [0.25, 0.3) is 0 Å². The van der Waals surface area contributed by atoms with Crippen molar-refractivity contribution in [2.75, 3.05) is 26.2 Å². The summed E-state index contributed by atoms with van der Waals surface area (Å²) in [5.74, 6) is 0.206. The maximum Gasteiger partial charge on any atom is 0.237 e. The number of hydrogen-bond donors (Lipinski definition) is 1. The van der Waals surface area contributed by atoms with E-state index in [2.05, 4.69) is 82.7 Å². The summed E-state index contributed by atoms with van der Waals surface area (Å²) in [5, 5.41) is 3.31. The van der Waals surface area contributed by atoms with E-state index in [4.69, 9.17) is 0 Å². The molecule has 1 amide bonds. The van der Waals surface area contributed by atoms with Crippen LogP contribution in [0.4, 0.5) is 0 Å². The first kappa shape index (κ1) is 21.1. The molecular formula is C26H35N3O. The summed E-state index contributed by atoms with van der Waals surface area (Å²) in [6.45, 7) is 5.86. The summed E-state index contributed by atoms with van der Waals surface area (Å²) in [7, 11) is 0. The van der Waals surface area contributed by atoms with E-state index in [-0.39, 0.29) is 18.0 Å². The van der Waals surface area contributed by atoms with Gasteiger partial charge in [0.1, 0.15) is 0 Å². The second-order valence-corrected chi connectivity index (χ2v) is 8.82. The maximum atomic E-state index is 12.8. The zero-order valence-electron chi connectivity index (χ0n) is 18.2. The largest absolute Gasteiger partial charge is 0.352 e. The molecule has 30 heavy (non-hydrogen) atoms. The predicted octanol–water partition coefficient (Wildman–Crippen LogP) is 4.23. The highest BCUT2D eigenvalue weighted by molar-refractivity contribution is 5.81. The Labute approximate surface area is 181 Å². The minimum Gasteiger partial charge on any atom is -0.352 e. The molecule has 2 fully saturated rings. The van der Waals surface area contributed by atoms with Gasteiger partial charge < -0.3 is 5.32 Å². The molecule has 4 nitrogen and oxygen atoms in total. The zero-order chi connectivity index (χ0) is 20.8. The number of piperazine rings is 1. The molecule has 0 aromatic heterocycles. The lowest BCUT2D eigenvalue weighted by Gasteiger charge is -2.41. The van der Waals surface area contributed by atoms with Gasteiger partial charge in [0.15, 0.2) is 0 Å². The van der Waals surface area contributed by atoms with E-state index in [1.165, 1.54) is 30.4 Å². The lowest BCUT2D eigenvalue weighted by Crippen LogP contribution is -2.55. The Balaban J connectivity index is 1.39. The monoisotopic (exact) mass is 405 g/mol. The number of benzene rings is 2. The van der Waals surface area contributed by atoms with E-state index in [1.807, 2.05) is 0 Å². The first-order chi connectivity index (χ1) is 14.7. The van der Waals surface area contributed by atoms with Crippen molar-refractivity contribution in [2.24, 2.45) is 0 Å². The summed E-state index contributed by atoms with van der Waals surface area (Å²) in [5.41, 5.74) is 2.67. The van der Waals surface area contributed by atoms with Gasteiger partial charge in [-0.3, -0.25) is 14.6 Å². The van der Waals surface area contributed by atoms with Gasteiger partial charge in [0.2, 0.25) is 5.91 Å². The van der Waals surface area contributed by atoms with Crippen LogP contribution in [0.2, 0.25) is 0 Å². The Hall–Kier alpha value is -2.17. The van der Waals surface area contributed by atoms with E-state index >= 15 is 0 Å². The molecule has 1 saturated carbocycles. The molecule has 0 spiro atoms. The van der Waals surface area contributed by atoms with Gasteiger partial charge in [-0.2, -0.15) is 0 Å². The Bertz CT molecular complexity index is 741. The predicted molar refractivity (Wildman–Crippen MR) is 122 cm³/mol. The van der Waals surface area contributed by atoms with Gasteiger partial charge >= 0.3 is 0 Å². The van der Waals surface area contributed by atoms with Crippen LogP contribution < -0.4 is 5.32 Å². The van der Waals surface area contributed by atoms with Crippen LogP contribution in [0.15, 0.2) is 60.7 Å². The fraction of sp³-hybridized carbons (Fsp3) is 0.500. The smallest absolute Gasteiger partial charge is 0.237 e. The number of nitrogens with zero attached hydrogens (tertiary/aromatic N) is 2. The molecule has 2 aliphatic rings. The van der Waals surface area contributed by atoms with E-state index in [1.54, 1.807) is 0 Å². The van der Waals surface area contributed by atoms with Gasteiger partial charge in [0.05, 0.1) is 12.1 Å². The van der Waals surface area contributed by atoms with Crippen molar-refractivity contribution in [1.82, 2.24) is 15.1 Å². The van der Waals surface area contributed by atoms with Crippen molar-refractivity contribution in [2.45, 2.75) is 57.2 Å². The number of nitrogens with one attached hydrogen (secondary N) is 1. The molecule has 4 rings (SSSR count). The van der Waals surface area contributed by atoms with Crippen LogP contribution in [-0.2, 0) is 4.79 Å².